The molecule has 0 saturated heterocycles. The summed E-state index contributed by atoms with van der Waals surface area (Å²) in [6.45, 7) is 0. The van der Waals surface area contributed by atoms with E-state index in [1.54, 1.807) is 0 Å². The highest BCUT2D eigenvalue weighted by Crippen LogP contribution is 2.35. The molecule has 0 unspecified atom stereocenters. The average Bonchev–Trinajstić information content (AvgIpc) is 3.00. The molecule has 1 amide bonds. The Balaban J connectivity index is 1.76. The molecule has 0 atom stereocenters. The summed E-state index contributed by atoms with van der Waals surface area (Å²) in [5.74, 6) is -0.0318. The first-order valence-corrected chi connectivity index (χ1v) is 8.04. The van der Waals surface area contributed by atoms with E-state index in [0.717, 1.165) is 39.8 Å². The SMILES string of the molecule is O=C1Nc2cc(Br)ccc2C1=Cc1cc2c([nH]1)CCCC2. The number of nitrogens with one attached hydrogen (secondary N) is 2. The summed E-state index contributed by atoms with van der Waals surface area (Å²) in [4.78, 5) is 15.6. The third-order valence-electron chi connectivity index (χ3n) is 4.20. The van der Waals surface area contributed by atoms with Gasteiger partial charge in [-0.3, -0.25) is 4.79 Å². The van der Waals surface area contributed by atoms with Gasteiger partial charge in [0.2, 0.25) is 0 Å². The van der Waals surface area contributed by atoms with E-state index in [1.807, 2.05) is 24.3 Å². The molecule has 1 aliphatic heterocycles. The molecule has 2 heterocycles. The van der Waals surface area contributed by atoms with Crippen LogP contribution in [0.25, 0.3) is 11.6 Å². The number of H-pyrrole nitrogens is 1. The van der Waals surface area contributed by atoms with E-state index in [4.69, 9.17) is 0 Å². The molecule has 0 fully saturated rings. The highest BCUT2D eigenvalue weighted by Gasteiger charge is 2.24. The summed E-state index contributed by atoms with van der Waals surface area (Å²) in [7, 11) is 0. The molecule has 1 aromatic carbocycles. The second-order valence-electron chi connectivity index (χ2n) is 5.64. The van der Waals surface area contributed by atoms with Gasteiger partial charge in [0.25, 0.3) is 5.91 Å². The van der Waals surface area contributed by atoms with Crippen LogP contribution in [-0.2, 0) is 17.6 Å². The quantitative estimate of drug-likeness (QED) is 0.751. The highest BCUT2D eigenvalue weighted by atomic mass is 79.9. The Kier molecular flexibility index (Phi) is 3.00. The van der Waals surface area contributed by atoms with Crippen LogP contribution < -0.4 is 5.32 Å². The first kappa shape index (κ1) is 12.9. The predicted molar refractivity (Wildman–Crippen MR) is 88.1 cm³/mol. The van der Waals surface area contributed by atoms with Crippen LogP contribution in [0.4, 0.5) is 5.69 Å². The summed E-state index contributed by atoms with van der Waals surface area (Å²) >= 11 is 3.43. The maximum atomic E-state index is 12.2. The van der Waals surface area contributed by atoms with Crippen LogP contribution in [0.5, 0.6) is 0 Å². The Bertz CT molecular complexity index is 750. The van der Waals surface area contributed by atoms with Crippen LogP contribution in [-0.4, -0.2) is 10.9 Å². The second kappa shape index (κ2) is 4.88. The second-order valence-corrected chi connectivity index (χ2v) is 6.55. The van der Waals surface area contributed by atoms with Crippen LogP contribution in [0.1, 0.15) is 35.4 Å². The molecule has 0 spiro atoms. The minimum absolute atomic E-state index is 0.0318. The number of halogens is 1. The van der Waals surface area contributed by atoms with Crippen molar-refractivity contribution in [1.82, 2.24) is 4.98 Å². The van der Waals surface area contributed by atoms with Crippen LogP contribution in [0.3, 0.4) is 0 Å². The van der Waals surface area contributed by atoms with Crippen LogP contribution in [0.15, 0.2) is 28.7 Å². The van der Waals surface area contributed by atoms with Gasteiger partial charge in [0.15, 0.2) is 0 Å². The molecule has 21 heavy (non-hydrogen) atoms. The van der Waals surface area contributed by atoms with Gasteiger partial charge in [-0.15, -0.1) is 0 Å². The Morgan fingerprint density at radius 2 is 2.00 bits per heavy atom. The maximum absolute atomic E-state index is 12.2. The smallest absolute Gasteiger partial charge is 0.256 e. The first-order chi connectivity index (χ1) is 10.2. The molecule has 0 saturated carbocycles. The van der Waals surface area contributed by atoms with Crippen molar-refractivity contribution in [2.24, 2.45) is 0 Å². The third kappa shape index (κ3) is 2.23. The van der Waals surface area contributed by atoms with E-state index in [1.165, 1.54) is 24.1 Å². The number of benzene rings is 1. The number of hydrogen-bond acceptors (Lipinski definition) is 1. The standard InChI is InChI=1S/C17H15BrN2O/c18-11-5-6-13-14(17(21)20-16(13)8-11)9-12-7-10-3-1-2-4-15(10)19-12/h5-9,19H,1-4H2,(H,20,21). The topological polar surface area (TPSA) is 44.9 Å². The number of aromatic nitrogens is 1. The van der Waals surface area contributed by atoms with Crippen LogP contribution in [0.2, 0.25) is 0 Å². The van der Waals surface area contributed by atoms with Crippen LogP contribution >= 0.6 is 15.9 Å². The fourth-order valence-electron chi connectivity index (χ4n) is 3.17. The molecular formula is C17H15BrN2O. The number of fused-ring (bicyclic) bond motifs is 2. The van der Waals surface area contributed by atoms with Gasteiger partial charge in [-0.05, 0) is 55.5 Å². The number of aromatic amines is 1. The Labute approximate surface area is 131 Å². The molecule has 2 aromatic rings. The summed E-state index contributed by atoms with van der Waals surface area (Å²) in [5, 5.41) is 2.92. The van der Waals surface area contributed by atoms with Crippen molar-refractivity contribution in [2.45, 2.75) is 25.7 Å². The molecule has 106 valence electrons. The molecular weight excluding hydrogens is 328 g/mol. The predicted octanol–water partition coefficient (Wildman–Crippen LogP) is 4.15. The van der Waals surface area contributed by atoms with Gasteiger partial charge in [-0.1, -0.05) is 22.0 Å². The normalized spacial score (nSPS) is 18.5. The van der Waals surface area contributed by atoms with Gasteiger partial charge in [-0.25, -0.2) is 0 Å². The lowest BCUT2D eigenvalue weighted by atomic mass is 9.98. The molecule has 2 aliphatic rings. The molecule has 0 bridgehead atoms. The lowest BCUT2D eigenvalue weighted by molar-refractivity contribution is -0.110. The Morgan fingerprint density at radius 3 is 2.86 bits per heavy atom. The van der Waals surface area contributed by atoms with Crippen molar-refractivity contribution in [3.8, 4) is 0 Å². The number of anilines is 1. The van der Waals surface area contributed by atoms with Crippen molar-refractivity contribution >= 4 is 39.2 Å². The first-order valence-electron chi connectivity index (χ1n) is 7.24. The van der Waals surface area contributed by atoms with Gasteiger partial charge < -0.3 is 10.3 Å². The highest BCUT2D eigenvalue weighted by molar-refractivity contribution is 9.10. The lowest BCUT2D eigenvalue weighted by Gasteiger charge is -2.08. The zero-order valence-corrected chi connectivity index (χ0v) is 13.1. The number of carbonyl (C=O) groups excluding carboxylic acids is 1. The van der Waals surface area contributed by atoms with Crippen molar-refractivity contribution in [3.05, 3.63) is 51.3 Å². The largest absolute Gasteiger partial charge is 0.359 e. The van der Waals surface area contributed by atoms with Crippen molar-refractivity contribution in [2.75, 3.05) is 5.32 Å². The van der Waals surface area contributed by atoms with Gasteiger partial charge in [-0.2, -0.15) is 0 Å². The summed E-state index contributed by atoms with van der Waals surface area (Å²) in [6.07, 6.45) is 6.74. The molecule has 4 heteroatoms. The Morgan fingerprint density at radius 1 is 1.14 bits per heavy atom. The van der Waals surface area contributed by atoms with Gasteiger partial charge in [0, 0.05) is 21.4 Å². The van der Waals surface area contributed by atoms with E-state index in [9.17, 15) is 4.79 Å². The number of rotatable bonds is 1. The van der Waals surface area contributed by atoms with Crippen molar-refractivity contribution < 1.29 is 4.79 Å². The van der Waals surface area contributed by atoms with E-state index in [2.05, 4.69) is 32.3 Å². The van der Waals surface area contributed by atoms with E-state index >= 15 is 0 Å². The minimum Gasteiger partial charge on any atom is -0.359 e. The maximum Gasteiger partial charge on any atom is 0.256 e. The van der Waals surface area contributed by atoms with E-state index < -0.39 is 0 Å². The van der Waals surface area contributed by atoms with Crippen molar-refractivity contribution in [3.63, 3.8) is 0 Å². The zero-order valence-electron chi connectivity index (χ0n) is 11.5. The number of hydrogen-bond donors (Lipinski definition) is 2. The molecule has 0 radical (unpaired) electrons. The number of aryl methyl sites for hydroxylation is 2. The molecule has 2 N–H and O–H groups in total. The third-order valence-corrected chi connectivity index (χ3v) is 4.69. The van der Waals surface area contributed by atoms with Crippen LogP contribution in [0, 0.1) is 0 Å². The molecule has 1 aliphatic carbocycles. The average molecular weight is 343 g/mol. The number of amides is 1. The monoisotopic (exact) mass is 342 g/mol. The van der Waals surface area contributed by atoms with E-state index in [-0.39, 0.29) is 5.91 Å². The zero-order chi connectivity index (χ0) is 14.4. The molecule has 1 aromatic heterocycles. The van der Waals surface area contributed by atoms with Gasteiger partial charge in [0.1, 0.15) is 0 Å². The molecule has 3 nitrogen and oxygen atoms in total. The van der Waals surface area contributed by atoms with Crippen molar-refractivity contribution in [1.29, 1.82) is 0 Å². The van der Waals surface area contributed by atoms with Gasteiger partial charge in [0.05, 0.1) is 11.3 Å². The summed E-state index contributed by atoms with van der Waals surface area (Å²) < 4.78 is 0.970. The van der Waals surface area contributed by atoms with E-state index in [0.29, 0.717) is 0 Å². The van der Waals surface area contributed by atoms with Gasteiger partial charge >= 0.3 is 0 Å². The summed E-state index contributed by atoms with van der Waals surface area (Å²) in [6, 6.07) is 8.07. The fraction of sp³-hybridized carbons (Fsp3) is 0.235. The fourth-order valence-corrected chi connectivity index (χ4v) is 3.53. The number of carbonyl (C=O) groups is 1. The minimum atomic E-state index is -0.0318. The lowest BCUT2D eigenvalue weighted by Crippen LogP contribution is -2.03. The summed E-state index contributed by atoms with van der Waals surface area (Å²) in [5.41, 5.74) is 6.34. The molecule has 4 rings (SSSR count). The Hall–Kier alpha value is -1.81.